The van der Waals surface area contributed by atoms with Crippen LogP contribution in [0.3, 0.4) is 0 Å². The van der Waals surface area contributed by atoms with Crippen molar-refractivity contribution in [3.05, 3.63) is 0 Å². The molecule has 0 radical (unpaired) electrons. The van der Waals surface area contributed by atoms with Gasteiger partial charge < -0.3 is 4.74 Å². The summed E-state index contributed by atoms with van der Waals surface area (Å²) in [6.07, 6.45) is 4.42. The minimum Gasteiger partial charge on any atom is -0.378 e. The predicted molar refractivity (Wildman–Crippen MR) is 46.5 cm³/mol. The Morgan fingerprint density at radius 3 is 2.80 bits per heavy atom. The third kappa shape index (κ3) is 3.02. The minimum absolute atomic E-state index is 0.513. The van der Waals surface area contributed by atoms with Crippen molar-refractivity contribution in [3.63, 3.8) is 0 Å². The van der Waals surface area contributed by atoms with E-state index < -0.39 is 0 Å². The van der Waals surface area contributed by atoms with E-state index in [-0.39, 0.29) is 0 Å². The first-order valence-electron chi connectivity index (χ1n) is 4.02. The summed E-state index contributed by atoms with van der Waals surface area (Å²) in [4.78, 5) is 0. The Kier molecular flexibility index (Phi) is 3.71. The molecule has 1 aliphatic rings. The number of hydrogen-bond acceptors (Lipinski definition) is 1. The number of ether oxygens (including phenoxy) is 1. The fourth-order valence-electron chi connectivity index (χ4n) is 1.03. The Labute approximate surface area is 71.3 Å². The van der Waals surface area contributed by atoms with Crippen molar-refractivity contribution in [2.24, 2.45) is 5.92 Å². The van der Waals surface area contributed by atoms with Gasteiger partial charge >= 0.3 is 0 Å². The van der Waals surface area contributed by atoms with Crippen molar-refractivity contribution in [2.45, 2.75) is 32.3 Å². The maximum absolute atomic E-state index is 5.58. The Hall–Kier alpha value is 0.440. The predicted octanol–water partition coefficient (Wildman–Crippen LogP) is 2.59. The summed E-state index contributed by atoms with van der Waals surface area (Å²) in [5.74, 6) is 0.885. The van der Waals surface area contributed by atoms with Gasteiger partial charge in [-0.1, -0.05) is 15.9 Å². The van der Waals surface area contributed by atoms with E-state index in [0.29, 0.717) is 6.10 Å². The molecule has 0 heterocycles. The summed E-state index contributed by atoms with van der Waals surface area (Å²) < 4.78 is 5.58. The van der Waals surface area contributed by atoms with Gasteiger partial charge in [-0.05, 0) is 32.1 Å². The number of hydrogen-bond donors (Lipinski definition) is 0. The normalized spacial score (nSPS) is 21.0. The van der Waals surface area contributed by atoms with Gasteiger partial charge in [-0.25, -0.2) is 0 Å². The Morgan fingerprint density at radius 1 is 1.60 bits per heavy atom. The molecule has 10 heavy (non-hydrogen) atoms. The second-order valence-electron chi connectivity index (χ2n) is 2.96. The molecule has 1 fully saturated rings. The van der Waals surface area contributed by atoms with E-state index in [1.165, 1.54) is 12.8 Å². The average Bonchev–Trinajstić information content (AvgIpc) is 2.69. The molecule has 0 saturated heterocycles. The molecule has 0 bridgehead atoms. The van der Waals surface area contributed by atoms with Gasteiger partial charge in [0.05, 0.1) is 6.10 Å². The number of rotatable bonds is 5. The third-order valence-corrected chi connectivity index (χ3v) is 2.51. The van der Waals surface area contributed by atoms with Crippen LogP contribution < -0.4 is 0 Å². The SMILES string of the molecule is CC(OCCCBr)C1CC1. The Morgan fingerprint density at radius 2 is 2.30 bits per heavy atom. The molecule has 0 N–H and O–H groups in total. The van der Waals surface area contributed by atoms with Crippen LogP contribution in [0.5, 0.6) is 0 Å². The average molecular weight is 207 g/mol. The van der Waals surface area contributed by atoms with Crippen LogP contribution in [0.1, 0.15) is 26.2 Å². The van der Waals surface area contributed by atoms with Crippen LogP contribution >= 0.6 is 15.9 Å². The first-order valence-corrected chi connectivity index (χ1v) is 5.14. The molecule has 1 unspecified atom stereocenters. The molecule has 1 aliphatic carbocycles. The van der Waals surface area contributed by atoms with Crippen LogP contribution in [0, 0.1) is 5.92 Å². The highest BCUT2D eigenvalue weighted by Gasteiger charge is 2.28. The monoisotopic (exact) mass is 206 g/mol. The maximum Gasteiger partial charge on any atom is 0.0575 e. The van der Waals surface area contributed by atoms with E-state index in [9.17, 15) is 0 Å². The van der Waals surface area contributed by atoms with E-state index in [1.54, 1.807) is 0 Å². The highest BCUT2D eigenvalue weighted by Crippen LogP contribution is 2.33. The van der Waals surface area contributed by atoms with Crippen molar-refractivity contribution in [1.29, 1.82) is 0 Å². The van der Waals surface area contributed by atoms with Gasteiger partial charge in [-0.3, -0.25) is 0 Å². The highest BCUT2D eigenvalue weighted by atomic mass is 79.9. The van der Waals surface area contributed by atoms with Crippen LogP contribution in [0.4, 0.5) is 0 Å². The Bertz CT molecular complexity index is 91.3. The summed E-state index contributed by atoms with van der Waals surface area (Å²) in [5.41, 5.74) is 0. The van der Waals surface area contributed by atoms with E-state index in [4.69, 9.17) is 4.74 Å². The van der Waals surface area contributed by atoms with Gasteiger partial charge in [-0.15, -0.1) is 0 Å². The Balaban J connectivity index is 1.90. The summed E-state index contributed by atoms with van der Waals surface area (Å²) >= 11 is 3.37. The lowest BCUT2D eigenvalue weighted by Gasteiger charge is -2.10. The first-order chi connectivity index (χ1) is 4.84. The summed E-state index contributed by atoms with van der Waals surface area (Å²) in [5, 5.41) is 1.06. The second kappa shape index (κ2) is 4.35. The lowest BCUT2D eigenvalue weighted by molar-refractivity contribution is 0.0523. The molecule has 0 spiro atoms. The van der Waals surface area contributed by atoms with Gasteiger partial charge in [0.25, 0.3) is 0 Å². The standard InChI is InChI=1S/C8H15BrO/c1-7(8-3-4-8)10-6-2-5-9/h7-8H,2-6H2,1H3. The molecule has 0 aromatic rings. The lowest BCUT2D eigenvalue weighted by atomic mass is 10.3. The minimum atomic E-state index is 0.513. The molecule has 0 amide bonds. The molecule has 0 aromatic carbocycles. The summed E-state index contributed by atoms with van der Waals surface area (Å²) in [6.45, 7) is 3.11. The molecular weight excluding hydrogens is 192 g/mol. The van der Waals surface area contributed by atoms with Crippen molar-refractivity contribution in [1.82, 2.24) is 0 Å². The fraction of sp³-hybridized carbons (Fsp3) is 1.00. The zero-order chi connectivity index (χ0) is 7.40. The molecule has 0 aromatic heterocycles. The molecule has 1 atom stereocenters. The third-order valence-electron chi connectivity index (χ3n) is 1.94. The number of halogens is 1. The molecule has 1 saturated carbocycles. The fourth-order valence-corrected chi connectivity index (χ4v) is 1.25. The number of alkyl halides is 1. The van der Waals surface area contributed by atoms with Crippen molar-refractivity contribution < 1.29 is 4.74 Å². The quantitative estimate of drug-likeness (QED) is 0.497. The van der Waals surface area contributed by atoms with Crippen LogP contribution in [-0.4, -0.2) is 18.0 Å². The molecule has 60 valence electrons. The summed E-state index contributed by atoms with van der Waals surface area (Å²) in [6, 6.07) is 0. The van der Waals surface area contributed by atoms with Crippen LogP contribution in [0.15, 0.2) is 0 Å². The van der Waals surface area contributed by atoms with Gasteiger partial charge in [0.15, 0.2) is 0 Å². The van der Waals surface area contributed by atoms with E-state index >= 15 is 0 Å². The van der Waals surface area contributed by atoms with Crippen LogP contribution in [0.25, 0.3) is 0 Å². The topological polar surface area (TPSA) is 9.23 Å². The van der Waals surface area contributed by atoms with Gasteiger partial charge in [-0.2, -0.15) is 0 Å². The first kappa shape index (κ1) is 8.54. The summed E-state index contributed by atoms with van der Waals surface area (Å²) in [7, 11) is 0. The van der Waals surface area contributed by atoms with E-state index in [0.717, 1.165) is 24.3 Å². The molecule has 1 rings (SSSR count). The van der Waals surface area contributed by atoms with Crippen molar-refractivity contribution in [2.75, 3.05) is 11.9 Å². The second-order valence-corrected chi connectivity index (χ2v) is 3.75. The van der Waals surface area contributed by atoms with E-state index in [1.807, 2.05) is 0 Å². The van der Waals surface area contributed by atoms with Crippen molar-refractivity contribution in [3.8, 4) is 0 Å². The van der Waals surface area contributed by atoms with E-state index in [2.05, 4.69) is 22.9 Å². The van der Waals surface area contributed by atoms with Crippen LogP contribution in [-0.2, 0) is 4.74 Å². The largest absolute Gasteiger partial charge is 0.378 e. The zero-order valence-corrected chi connectivity index (χ0v) is 8.06. The zero-order valence-electron chi connectivity index (χ0n) is 6.48. The lowest BCUT2D eigenvalue weighted by Crippen LogP contribution is -2.11. The smallest absolute Gasteiger partial charge is 0.0575 e. The van der Waals surface area contributed by atoms with Gasteiger partial charge in [0.1, 0.15) is 0 Å². The maximum atomic E-state index is 5.58. The molecule has 0 aliphatic heterocycles. The highest BCUT2D eigenvalue weighted by molar-refractivity contribution is 9.09. The molecule has 2 heteroatoms. The van der Waals surface area contributed by atoms with Gasteiger partial charge in [0.2, 0.25) is 0 Å². The molecular formula is C8H15BrO. The molecule has 1 nitrogen and oxygen atoms in total. The van der Waals surface area contributed by atoms with Crippen LogP contribution in [0.2, 0.25) is 0 Å². The van der Waals surface area contributed by atoms with Crippen molar-refractivity contribution >= 4 is 15.9 Å². The van der Waals surface area contributed by atoms with Gasteiger partial charge in [0, 0.05) is 11.9 Å².